The van der Waals surface area contributed by atoms with Gasteiger partial charge in [0.15, 0.2) is 0 Å². The number of rotatable bonds is 5. The van der Waals surface area contributed by atoms with Crippen LogP contribution < -0.4 is 10.2 Å². The van der Waals surface area contributed by atoms with E-state index in [0.717, 1.165) is 11.1 Å². The molecule has 148 valence electrons. The van der Waals surface area contributed by atoms with E-state index in [4.69, 9.17) is 4.42 Å². The standard InChI is InChI=1S/C21H19FN4O3/c1-13-2-4-14(5-3-13)10-18(27)23-21-25-24-20(29-21)15-11-19(28)26(12-15)17-8-6-16(22)7-9-17/h2-9,15H,10-12H2,1H3,(H,23,25,27). The van der Waals surface area contributed by atoms with E-state index in [1.807, 2.05) is 31.2 Å². The maximum atomic E-state index is 13.1. The van der Waals surface area contributed by atoms with Crippen molar-refractivity contribution in [2.75, 3.05) is 16.8 Å². The quantitative estimate of drug-likeness (QED) is 0.718. The van der Waals surface area contributed by atoms with Crippen molar-refractivity contribution in [2.24, 2.45) is 0 Å². The summed E-state index contributed by atoms with van der Waals surface area (Å²) in [5.41, 5.74) is 2.62. The molecule has 2 amide bonds. The number of hydrogen-bond donors (Lipinski definition) is 1. The largest absolute Gasteiger partial charge is 0.407 e. The first-order valence-corrected chi connectivity index (χ1v) is 9.22. The van der Waals surface area contributed by atoms with Crippen LogP contribution in [0.4, 0.5) is 16.1 Å². The molecule has 0 saturated carbocycles. The number of anilines is 2. The summed E-state index contributed by atoms with van der Waals surface area (Å²) in [5, 5.41) is 10.4. The van der Waals surface area contributed by atoms with Crippen LogP contribution in [-0.2, 0) is 16.0 Å². The highest BCUT2D eigenvalue weighted by Gasteiger charge is 2.35. The molecule has 0 spiro atoms. The van der Waals surface area contributed by atoms with Gasteiger partial charge in [0.25, 0.3) is 0 Å². The molecule has 1 aromatic heterocycles. The molecule has 4 rings (SSSR count). The van der Waals surface area contributed by atoms with Gasteiger partial charge < -0.3 is 9.32 Å². The minimum atomic E-state index is -0.361. The highest BCUT2D eigenvalue weighted by molar-refractivity contribution is 5.96. The zero-order valence-corrected chi connectivity index (χ0v) is 15.8. The molecular formula is C21H19FN4O3. The Hall–Kier alpha value is -3.55. The Morgan fingerprint density at radius 3 is 2.62 bits per heavy atom. The number of hydrogen-bond acceptors (Lipinski definition) is 5. The molecule has 8 heteroatoms. The second-order valence-electron chi connectivity index (χ2n) is 7.04. The highest BCUT2D eigenvalue weighted by atomic mass is 19.1. The third-order valence-corrected chi connectivity index (χ3v) is 4.78. The maximum absolute atomic E-state index is 13.1. The molecule has 1 N–H and O–H groups in total. The molecule has 2 heterocycles. The monoisotopic (exact) mass is 394 g/mol. The van der Waals surface area contributed by atoms with Crippen molar-refractivity contribution in [3.63, 3.8) is 0 Å². The summed E-state index contributed by atoms with van der Waals surface area (Å²) in [6.07, 6.45) is 0.397. The van der Waals surface area contributed by atoms with E-state index in [1.165, 1.54) is 12.1 Å². The van der Waals surface area contributed by atoms with Crippen LogP contribution in [0.3, 0.4) is 0 Å². The average molecular weight is 394 g/mol. The number of aryl methyl sites for hydroxylation is 1. The van der Waals surface area contributed by atoms with Crippen molar-refractivity contribution in [1.82, 2.24) is 10.2 Å². The van der Waals surface area contributed by atoms with Crippen LogP contribution in [-0.4, -0.2) is 28.6 Å². The van der Waals surface area contributed by atoms with Crippen molar-refractivity contribution in [3.05, 3.63) is 71.4 Å². The number of carbonyl (C=O) groups excluding carboxylic acids is 2. The van der Waals surface area contributed by atoms with Crippen molar-refractivity contribution >= 4 is 23.5 Å². The van der Waals surface area contributed by atoms with Crippen molar-refractivity contribution in [1.29, 1.82) is 0 Å². The highest BCUT2D eigenvalue weighted by Crippen LogP contribution is 2.31. The molecule has 2 aromatic carbocycles. The van der Waals surface area contributed by atoms with Crippen LogP contribution in [0.2, 0.25) is 0 Å². The van der Waals surface area contributed by atoms with Gasteiger partial charge in [-0.05, 0) is 36.8 Å². The molecule has 0 aliphatic carbocycles. The van der Waals surface area contributed by atoms with Gasteiger partial charge in [-0.15, -0.1) is 5.10 Å². The lowest BCUT2D eigenvalue weighted by Gasteiger charge is -2.15. The Bertz CT molecular complexity index is 1030. The molecule has 3 aromatic rings. The summed E-state index contributed by atoms with van der Waals surface area (Å²) in [4.78, 5) is 26.1. The van der Waals surface area contributed by atoms with Crippen molar-refractivity contribution in [3.8, 4) is 0 Å². The first-order chi connectivity index (χ1) is 14.0. The van der Waals surface area contributed by atoms with Crippen LogP contribution in [0.25, 0.3) is 0 Å². The number of aromatic nitrogens is 2. The Kier molecular flexibility index (Phi) is 5.07. The number of nitrogens with one attached hydrogen (secondary N) is 1. The van der Waals surface area contributed by atoms with E-state index in [1.54, 1.807) is 17.0 Å². The van der Waals surface area contributed by atoms with Crippen molar-refractivity contribution in [2.45, 2.75) is 25.7 Å². The second kappa shape index (κ2) is 7.83. The zero-order valence-electron chi connectivity index (χ0n) is 15.8. The van der Waals surface area contributed by atoms with E-state index in [2.05, 4.69) is 15.5 Å². The number of nitrogens with zero attached hydrogens (tertiary/aromatic N) is 3. The molecule has 29 heavy (non-hydrogen) atoms. The number of benzene rings is 2. The normalized spacial score (nSPS) is 16.3. The molecular weight excluding hydrogens is 375 g/mol. The average Bonchev–Trinajstić information content (AvgIpc) is 3.31. The minimum Gasteiger partial charge on any atom is -0.407 e. The SMILES string of the molecule is Cc1ccc(CC(=O)Nc2nnc(C3CC(=O)N(c4ccc(F)cc4)C3)o2)cc1. The molecule has 1 atom stereocenters. The van der Waals surface area contributed by atoms with Crippen LogP contribution >= 0.6 is 0 Å². The topological polar surface area (TPSA) is 88.3 Å². The minimum absolute atomic E-state index is 0.00444. The fourth-order valence-corrected chi connectivity index (χ4v) is 3.25. The van der Waals surface area contributed by atoms with E-state index >= 15 is 0 Å². The van der Waals surface area contributed by atoms with Gasteiger partial charge in [-0.2, -0.15) is 0 Å². The van der Waals surface area contributed by atoms with Gasteiger partial charge in [0.05, 0.1) is 12.3 Å². The number of amides is 2. The zero-order chi connectivity index (χ0) is 20.4. The van der Waals surface area contributed by atoms with E-state index in [-0.39, 0.29) is 48.3 Å². The summed E-state index contributed by atoms with van der Waals surface area (Å²) in [7, 11) is 0. The lowest BCUT2D eigenvalue weighted by Crippen LogP contribution is -2.24. The van der Waals surface area contributed by atoms with E-state index in [0.29, 0.717) is 12.2 Å². The lowest BCUT2D eigenvalue weighted by molar-refractivity contribution is -0.117. The van der Waals surface area contributed by atoms with Gasteiger partial charge in [0, 0.05) is 18.7 Å². The molecule has 0 bridgehead atoms. The Morgan fingerprint density at radius 2 is 1.90 bits per heavy atom. The molecule has 1 aliphatic rings. The Balaban J connectivity index is 1.38. The summed E-state index contributed by atoms with van der Waals surface area (Å²) >= 11 is 0. The fraction of sp³-hybridized carbons (Fsp3) is 0.238. The maximum Gasteiger partial charge on any atom is 0.322 e. The predicted octanol–water partition coefficient (Wildman–Crippen LogP) is 3.22. The third-order valence-electron chi connectivity index (χ3n) is 4.78. The van der Waals surface area contributed by atoms with E-state index < -0.39 is 0 Å². The first-order valence-electron chi connectivity index (χ1n) is 9.22. The molecule has 0 radical (unpaired) electrons. The molecule has 1 fully saturated rings. The number of carbonyl (C=O) groups is 2. The molecule has 1 aliphatic heterocycles. The second-order valence-corrected chi connectivity index (χ2v) is 7.04. The summed E-state index contributed by atoms with van der Waals surface area (Å²) in [5.74, 6) is -0.736. The molecule has 1 saturated heterocycles. The smallest absolute Gasteiger partial charge is 0.322 e. The fourth-order valence-electron chi connectivity index (χ4n) is 3.25. The molecule has 1 unspecified atom stereocenters. The first kappa shape index (κ1) is 18.8. The van der Waals surface area contributed by atoms with Gasteiger partial charge in [0.1, 0.15) is 5.82 Å². The van der Waals surface area contributed by atoms with Crippen LogP contribution in [0.1, 0.15) is 29.4 Å². The van der Waals surface area contributed by atoms with Crippen LogP contribution in [0, 0.1) is 12.7 Å². The van der Waals surface area contributed by atoms with Crippen molar-refractivity contribution < 1.29 is 18.4 Å². The van der Waals surface area contributed by atoms with Gasteiger partial charge in [-0.1, -0.05) is 34.9 Å². The third kappa shape index (κ3) is 4.31. The number of halogens is 1. The Morgan fingerprint density at radius 1 is 1.17 bits per heavy atom. The van der Waals surface area contributed by atoms with Crippen LogP contribution in [0.15, 0.2) is 52.9 Å². The van der Waals surface area contributed by atoms with Gasteiger partial charge in [-0.25, -0.2) is 4.39 Å². The predicted molar refractivity (Wildman–Crippen MR) is 104 cm³/mol. The molecule has 7 nitrogen and oxygen atoms in total. The van der Waals surface area contributed by atoms with Gasteiger partial charge in [0.2, 0.25) is 17.7 Å². The van der Waals surface area contributed by atoms with Crippen LogP contribution in [0.5, 0.6) is 0 Å². The Labute approximate surface area is 166 Å². The summed E-state index contributed by atoms with van der Waals surface area (Å²) in [6.45, 7) is 2.33. The van der Waals surface area contributed by atoms with Gasteiger partial charge >= 0.3 is 6.01 Å². The van der Waals surface area contributed by atoms with E-state index in [9.17, 15) is 14.0 Å². The summed E-state index contributed by atoms with van der Waals surface area (Å²) < 4.78 is 18.7. The summed E-state index contributed by atoms with van der Waals surface area (Å²) in [6, 6.07) is 13.4. The van der Waals surface area contributed by atoms with Gasteiger partial charge in [-0.3, -0.25) is 14.9 Å². The lowest BCUT2D eigenvalue weighted by atomic mass is 10.1.